The van der Waals surface area contributed by atoms with Crippen molar-refractivity contribution < 1.29 is 0 Å². The first-order chi connectivity index (χ1) is 8.81. The van der Waals surface area contributed by atoms with E-state index in [0.29, 0.717) is 0 Å². The molecule has 1 aromatic rings. The standard InChI is InChI=1S/C17H25N/c1-13-5-7-14(8-6-13)11-16(15-3-2-4-15)12-18-17-9-10-17/h5-8,15-18H,2-4,9-12H2,1H3. The van der Waals surface area contributed by atoms with Gasteiger partial charge in [0.05, 0.1) is 0 Å². The number of benzene rings is 1. The Hall–Kier alpha value is -0.820. The van der Waals surface area contributed by atoms with Crippen molar-refractivity contribution in [1.29, 1.82) is 0 Å². The van der Waals surface area contributed by atoms with E-state index >= 15 is 0 Å². The molecule has 1 aromatic carbocycles. The zero-order valence-electron chi connectivity index (χ0n) is 11.5. The van der Waals surface area contributed by atoms with Crippen LogP contribution in [-0.2, 0) is 6.42 Å². The van der Waals surface area contributed by atoms with Crippen LogP contribution in [0.2, 0.25) is 0 Å². The average Bonchev–Trinajstić information content (AvgIpc) is 3.10. The minimum atomic E-state index is 0.852. The van der Waals surface area contributed by atoms with Crippen LogP contribution in [0.3, 0.4) is 0 Å². The molecule has 0 aromatic heterocycles. The van der Waals surface area contributed by atoms with Crippen LogP contribution >= 0.6 is 0 Å². The van der Waals surface area contributed by atoms with Gasteiger partial charge in [-0.15, -0.1) is 0 Å². The predicted octanol–water partition coefficient (Wildman–Crippen LogP) is 3.71. The maximum absolute atomic E-state index is 3.74. The van der Waals surface area contributed by atoms with Gasteiger partial charge >= 0.3 is 0 Å². The lowest BCUT2D eigenvalue weighted by atomic mass is 9.73. The summed E-state index contributed by atoms with van der Waals surface area (Å²) in [5.74, 6) is 1.85. The van der Waals surface area contributed by atoms with Crippen LogP contribution in [0.4, 0.5) is 0 Å². The molecular weight excluding hydrogens is 218 g/mol. The molecule has 1 heteroatoms. The number of hydrogen-bond donors (Lipinski definition) is 1. The van der Waals surface area contributed by atoms with Crippen molar-refractivity contribution in [2.75, 3.05) is 6.54 Å². The van der Waals surface area contributed by atoms with Gasteiger partial charge in [-0.05, 0) is 50.1 Å². The highest BCUT2D eigenvalue weighted by Crippen LogP contribution is 2.35. The molecule has 0 radical (unpaired) electrons. The molecule has 0 spiro atoms. The van der Waals surface area contributed by atoms with Crippen LogP contribution in [0, 0.1) is 18.8 Å². The van der Waals surface area contributed by atoms with Crippen molar-refractivity contribution in [3.05, 3.63) is 35.4 Å². The first-order valence-corrected chi connectivity index (χ1v) is 7.60. The van der Waals surface area contributed by atoms with E-state index in [2.05, 4.69) is 36.5 Å². The smallest absolute Gasteiger partial charge is 0.00683 e. The lowest BCUT2D eigenvalue weighted by Crippen LogP contribution is -2.34. The van der Waals surface area contributed by atoms with Gasteiger partial charge in [-0.1, -0.05) is 49.1 Å². The molecule has 0 heterocycles. The Bertz CT molecular complexity index is 373. The minimum Gasteiger partial charge on any atom is -0.314 e. The second-order valence-corrected chi connectivity index (χ2v) is 6.32. The molecule has 0 aliphatic heterocycles. The third-order valence-corrected chi connectivity index (χ3v) is 4.68. The Morgan fingerprint density at radius 3 is 2.39 bits per heavy atom. The fraction of sp³-hybridized carbons (Fsp3) is 0.647. The molecule has 1 N–H and O–H groups in total. The lowest BCUT2D eigenvalue weighted by Gasteiger charge is -2.34. The Morgan fingerprint density at radius 2 is 1.83 bits per heavy atom. The zero-order chi connectivity index (χ0) is 12.4. The van der Waals surface area contributed by atoms with E-state index in [1.807, 2.05) is 0 Å². The topological polar surface area (TPSA) is 12.0 Å². The van der Waals surface area contributed by atoms with Gasteiger partial charge in [-0.25, -0.2) is 0 Å². The van der Waals surface area contributed by atoms with Gasteiger partial charge in [0.1, 0.15) is 0 Å². The quantitative estimate of drug-likeness (QED) is 0.803. The number of nitrogens with one attached hydrogen (secondary N) is 1. The first kappa shape index (κ1) is 12.2. The van der Waals surface area contributed by atoms with E-state index in [0.717, 1.165) is 17.9 Å². The zero-order valence-corrected chi connectivity index (χ0v) is 11.5. The SMILES string of the molecule is Cc1ccc(CC(CNC2CC2)C2CCC2)cc1. The molecule has 1 nitrogen and oxygen atoms in total. The number of hydrogen-bond acceptors (Lipinski definition) is 1. The maximum Gasteiger partial charge on any atom is 0.00683 e. The summed E-state index contributed by atoms with van der Waals surface area (Å²) in [4.78, 5) is 0. The molecule has 0 saturated heterocycles. The second kappa shape index (κ2) is 5.44. The predicted molar refractivity (Wildman–Crippen MR) is 76.7 cm³/mol. The second-order valence-electron chi connectivity index (χ2n) is 6.32. The molecule has 98 valence electrons. The summed E-state index contributed by atoms with van der Waals surface area (Å²) in [5.41, 5.74) is 2.89. The summed E-state index contributed by atoms with van der Waals surface area (Å²) in [7, 11) is 0. The van der Waals surface area contributed by atoms with Crippen LogP contribution in [0.15, 0.2) is 24.3 Å². The Morgan fingerprint density at radius 1 is 1.11 bits per heavy atom. The highest BCUT2D eigenvalue weighted by Gasteiger charge is 2.29. The fourth-order valence-electron chi connectivity index (χ4n) is 2.95. The van der Waals surface area contributed by atoms with E-state index < -0.39 is 0 Å². The summed E-state index contributed by atoms with van der Waals surface area (Å²) in [6.45, 7) is 3.41. The number of rotatable bonds is 6. The fourth-order valence-corrected chi connectivity index (χ4v) is 2.95. The van der Waals surface area contributed by atoms with Crippen LogP contribution in [0.1, 0.15) is 43.2 Å². The highest BCUT2D eigenvalue weighted by molar-refractivity contribution is 5.22. The van der Waals surface area contributed by atoms with Gasteiger partial charge in [0.2, 0.25) is 0 Å². The summed E-state index contributed by atoms with van der Waals surface area (Å²) < 4.78 is 0. The minimum absolute atomic E-state index is 0.852. The highest BCUT2D eigenvalue weighted by atomic mass is 14.9. The van der Waals surface area contributed by atoms with Crippen LogP contribution in [0.5, 0.6) is 0 Å². The van der Waals surface area contributed by atoms with Crippen molar-refractivity contribution in [1.82, 2.24) is 5.32 Å². The molecule has 0 bridgehead atoms. The molecule has 2 saturated carbocycles. The molecule has 2 fully saturated rings. The van der Waals surface area contributed by atoms with E-state index in [9.17, 15) is 0 Å². The molecule has 18 heavy (non-hydrogen) atoms. The summed E-state index contributed by atoms with van der Waals surface area (Å²) >= 11 is 0. The maximum atomic E-state index is 3.74. The molecule has 3 rings (SSSR count). The monoisotopic (exact) mass is 243 g/mol. The van der Waals surface area contributed by atoms with Gasteiger partial charge in [0.15, 0.2) is 0 Å². The Labute approximate surface area is 111 Å². The van der Waals surface area contributed by atoms with Gasteiger partial charge in [0.25, 0.3) is 0 Å². The summed E-state index contributed by atoms with van der Waals surface area (Å²) in [6.07, 6.45) is 8.46. The van der Waals surface area contributed by atoms with Gasteiger partial charge in [0, 0.05) is 6.04 Å². The third-order valence-electron chi connectivity index (χ3n) is 4.68. The summed E-state index contributed by atoms with van der Waals surface area (Å²) in [6, 6.07) is 9.99. The van der Waals surface area contributed by atoms with E-state index in [4.69, 9.17) is 0 Å². The van der Waals surface area contributed by atoms with E-state index in [1.54, 1.807) is 0 Å². The summed E-state index contributed by atoms with van der Waals surface area (Å²) in [5, 5.41) is 3.74. The van der Waals surface area contributed by atoms with Crippen molar-refractivity contribution in [2.24, 2.45) is 11.8 Å². The average molecular weight is 243 g/mol. The Balaban J connectivity index is 1.58. The normalized spacial score (nSPS) is 21.6. The van der Waals surface area contributed by atoms with Crippen LogP contribution < -0.4 is 5.32 Å². The third kappa shape index (κ3) is 3.14. The van der Waals surface area contributed by atoms with Gasteiger partial charge < -0.3 is 5.32 Å². The molecule has 1 atom stereocenters. The Kier molecular flexibility index (Phi) is 3.69. The van der Waals surface area contributed by atoms with E-state index in [-0.39, 0.29) is 0 Å². The number of aryl methyl sites for hydroxylation is 1. The van der Waals surface area contributed by atoms with E-state index in [1.165, 1.54) is 56.2 Å². The lowest BCUT2D eigenvalue weighted by molar-refractivity contribution is 0.199. The van der Waals surface area contributed by atoms with Crippen LogP contribution in [-0.4, -0.2) is 12.6 Å². The van der Waals surface area contributed by atoms with Crippen molar-refractivity contribution in [3.63, 3.8) is 0 Å². The molecule has 0 amide bonds. The molecule has 2 aliphatic carbocycles. The van der Waals surface area contributed by atoms with Crippen molar-refractivity contribution in [3.8, 4) is 0 Å². The molecule has 1 unspecified atom stereocenters. The molecule has 2 aliphatic rings. The van der Waals surface area contributed by atoms with Crippen molar-refractivity contribution >= 4 is 0 Å². The van der Waals surface area contributed by atoms with Crippen molar-refractivity contribution in [2.45, 2.75) is 51.5 Å². The molecular formula is C17H25N. The largest absolute Gasteiger partial charge is 0.314 e. The van der Waals surface area contributed by atoms with Crippen LogP contribution in [0.25, 0.3) is 0 Å². The van der Waals surface area contributed by atoms with Gasteiger partial charge in [-0.2, -0.15) is 0 Å². The first-order valence-electron chi connectivity index (χ1n) is 7.60. The van der Waals surface area contributed by atoms with Gasteiger partial charge in [-0.3, -0.25) is 0 Å².